The highest BCUT2D eigenvalue weighted by atomic mass is 35.5. The Balaban J connectivity index is 1.86. The van der Waals surface area contributed by atoms with E-state index in [0.717, 1.165) is 11.3 Å². The molecule has 0 unspecified atom stereocenters. The Morgan fingerprint density at radius 3 is 2.56 bits per heavy atom. The van der Waals surface area contributed by atoms with Crippen molar-refractivity contribution in [2.75, 3.05) is 5.43 Å². The van der Waals surface area contributed by atoms with E-state index in [1.54, 1.807) is 12.1 Å². The molecule has 4 heteroatoms. The fraction of sp³-hybridized carbons (Fsp3) is 0.0714. The van der Waals surface area contributed by atoms with Crippen molar-refractivity contribution < 1.29 is 4.79 Å². The molecule has 0 saturated heterocycles. The molecule has 0 aliphatic rings. The molecular weight excluding hydrogens is 248 g/mol. The molecule has 2 aromatic carbocycles. The average molecular weight is 261 g/mol. The van der Waals surface area contributed by atoms with E-state index in [9.17, 15) is 4.79 Å². The predicted molar refractivity (Wildman–Crippen MR) is 73.4 cm³/mol. The molecule has 3 nitrogen and oxygen atoms in total. The standard InChI is InChI=1S/C14H13ClN2O/c15-12-6-4-5-11(9-12)10-14(18)17-16-13-7-2-1-3-8-13/h1-9,16H,10H2,(H,17,18). The largest absolute Gasteiger partial charge is 0.299 e. The minimum Gasteiger partial charge on any atom is -0.299 e. The number of anilines is 1. The Hall–Kier alpha value is -2.00. The van der Waals surface area contributed by atoms with E-state index in [1.165, 1.54) is 0 Å². The van der Waals surface area contributed by atoms with Crippen LogP contribution in [0.4, 0.5) is 5.69 Å². The maximum atomic E-state index is 11.7. The van der Waals surface area contributed by atoms with Crippen LogP contribution in [0.2, 0.25) is 5.02 Å². The lowest BCUT2D eigenvalue weighted by Gasteiger charge is -2.08. The Labute approximate surface area is 111 Å². The van der Waals surface area contributed by atoms with Crippen LogP contribution in [0.5, 0.6) is 0 Å². The molecule has 1 amide bonds. The third kappa shape index (κ3) is 3.79. The number of carbonyl (C=O) groups is 1. The second-order valence-corrected chi connectivity index (χ2v) is 4.28. The summed E-state index contributed by atoms with van der Waals surface area (Å²) in [6.45, 7) is 0. The van der Waals surface area contributed by atoms with Gasteiger partial charge in [-0.1, -0.05) is 41.9 Å². The van der Waals surface area contributed by atoms with Crippen LogP contribution in [0.25, 0.3) is 0 Å². The molecule has 0 fully saturated rings. The van der Waals surface area contributed by atoms with Crippen LogP contribution in [0.15, 0.2) is 54.6 Å². The lowest BCUT2D eigenvalue weighted by Crippen LogP contribution is -2.30. The van der Waals surface area contributed by atoms with Gasteiger partial charge < -0.3 is 0 Å². The highest BCUT2D eigenvalue weighted by Crippen LogP contribution is 2.11. The monoisotopic (exact) mass is 260 g/mol. The molecule has 0 atom stereocenters. The number of hydrogen-bond donors (Lipinski definition) is 2. The van der Waals surface area contributed by atoms with Gasteiger partial charge in [0.1, 0.15) is 0 Å². The lowest BCUT2D eigenvalue weighted by atomic mass is 10.1. The SMILES string of the molecule is O=C(Cc1cccc(Cl)c1)NNc1ccccc1. The first-order valence-corrected chi connectivity index (χ1v) is 5.96. The van der Waals surface area contributed by atoms with E-state index in [4.69, 9.17) is 11.6 Å². The molecule has 92 valence electrons. The summed E-state index contributed by atoms with van der Waals surface area (Å²) in [5.41, 5.74) is 7.21. The second-order valence-electron chi connectivity index (χ2n) is 3.85. The lowest BCUT2D eigenvalue weighted by molar-refractivity contribution is -0.119. The van der Waals surface area contributed by atoms with E-state index in [1.807, 2.05) is 42.5 Å². The number of halogens is 1. The molecule has 0 radical (unpaired) electrons. The highest BCUT2D eigenvalue weighted by Gasteiger charge is 2.03. The normalized spacial score (nSPS) is 9.83. The van der Waals surface area contributed by atoms with Crippen LogP contribution < -0.4 is 10.9 Å². The van der Waals surface area contributed by atoms with Gasteiger partial charge in [0.15, 0.2) is 0 Å². The van der Waals surface area contributed by atoms with E-state index in [2.05, 4.69) is 10.9 Å². The molecule has 0 aliphatic heterocycles. The Bertz CT molecular complexity index is 528. The topological polar surface area (TPSA) is 41.1 Å². The van der Waals surface area contributed by atoms with E-state index in [0.29, 0.717) is 11.4 Å². The van der Waals surface area contributed by atoms with E-state index >= 15 is 0 Å². The number of benzene rings is 2. The fourth-order valence-electron chi connectivity index (χ4n) is 1.54. The van der Waals surface area contributed by atoms with Gasteiger partial charge in [-0.2, -0.15) is 0 Å². The molecule has 0 saturated carbocycles. The van der Waals surface area contributed by atoms with Gasteiger partial charge in [-0.05, 0) is 29.8 Å². The Morgan fingerprint density at radius 2 is 1.83 bits per heavy atom. The van der Waals surface area contributed by atoms with Crippen LogP contribution in [0.1, 0.15) is 5.56 Å². The van der Waals surface area contributed by atoms with Gasteiger partial charge in [0.2, 0.25) is 5.91 Å². The number of amides is 1. The van der Waals surface area contributed by atoms with Crippen LogP contribution >= 0.6 is 11.6 Å². The molecule has 0 bridgehead atoms. The van der Waals surface area contributed by atoms with Crippen molar-refractivity contribution in [3.05, 3.63) is 65.2 Å². The van der Waals surface area contributed by atoms with Crippen LogP contribution in [-0.2, 0) is 11.2 Å². The van der Waals surface area contributed by atoms with Gasteiger partial charge in [-0.25, -0.2) is 0 Å². The van der Waals surface area contributed by atoms with Crippen molar-refractivity contribution in [3.63, 3.8) is 0 Å². The zero-order valence-electron chi connectivity index (χ0n) is 9.69. The minimum atomic E-state index is -0.110. The summed E-state index contributed by atoms with van der Waals surface area (Å²) >= 11 is 5.85. The van der Waals surface area contributed by atoms with Gasteiger partial charge in [0.05, 0.1) is 12.1 Å². The van der Waals surface area contributed by atoms with Crippen molar-refractivity contribution in [1.29, 1.82) is 0 Å². The number of carbonyl (C=O) groups excluding carboxylic acids is 1. The van der Waals surface area contributed by atoms with Gasteiger partial charge >= 0.3 is 0 Å². The molecule has 18 heavy (non-hydrogen) atoms. The van der Waals surface area contributed by atoms with Crippen molar-refractivity contribution >= 4 is 23.2 Å². The summed E-state index contributed by atoms with van der Waals surface area (Å²) in [7, 11) is 0. The maximum Gasteiger partial charge on any atom is 0.242 e. The Kier molecular flexibility index (Phi) is 4.20. The summed E-state index contributed by atoms with van der Waals surface area (Å²) in [5.74, 6) is -0.110. The summed E-state index contributed by atoms with van der Waals surface area (Å²) in [6, 6.07) is 16.7. The van der Waals surface area contributed by atoms with E-state index in [-0.39, 0.29) is 5.91 Å². The summed E-state index contributed by atoms with van der Waals surface area (Å²) < 4.78 is 0. The zero-order valence-corrected chi connectivity index (χ0v) is 10.4. The van der Waals surface area contributed by atoms with Crippen LogP contribution in [0.3, 0.4) is 0 Å². The third-order valence-corrected chi connectivity index (χ3v) is 2.61. The number of hydrazine groups is 1. The third-order valence-electron chi connectivity index (χ3n) is 2.37. The highest BCUT2D eigenvalue weighted by molar-refractivity contribution is 6.30. The average Bonchev–Trinajstić information content (AvgIpc) is 2.38. The minimum absolute atomic E-state index is 0.110. The van der Waals surface area contributed by atoms with E-state index < -0.39 is 0 Å². The first kappa shape index (κ1) is 12.5. The summed E-state index contributed by atoms with van der Waals surface area (Å²) in [6.07, 6.45) is 0.292. The van der Waals surface area contributed by atoms with Crippen molar-refractivity contribution in [1.82, 2.24) is 5.43 Å². The predicted octanol–water partition coefficient (Wildman–Crippen LogP) is 3.03. The van der Waals surface area contributed by atoms with Crippen LogP contribution in [0, 0.1) is 0 Å². The molecular formula is C14H13ClN2O. The quantitative estimate of drug-likeness (QED) is 0.830. The maximum absolute atomic E-state index is 11.7. The Morgan fingerprint density at radius 1 is 1.06 bits per heavy atom. The van der Waals surface area contributed by atoms with Gasteiger partial charge in [0.25, 0.3) is 0 Å². The summed E-state index contributed by atoms with van der Waals surface area (Å²) in [5, 5.41) is 0.635. The first-order valence-electron chi connectivity index (χ1n) is 5.58. The fourth-order valence-corrected chi connectivity index (χ4v) is 1.75. The first-order chi connectivity index (χ1) is 8.74. The molecule has 2 N–H and O–H groups in total. The molecule has 0 spiro atoms. The number of para-hydroxylation sites is 1. The van der Waals surface area contributed by atoms with Gasteiger partial charge in [-0.15, -0.1) is 0 Å². The molecule has 0 aliphatic carbocycles. The van der Waals surface area contributed by atoms with Crippen molar-refractivity contribution in [2.45, 2.75) is 6.42 Å². The second kappa shape index (κ2) is 6.07. The summed E-state index contributed by atoms with van der Waals surface area (Å²) in [4.78, 5) is 11.7. The molecule has 2 rings (SSSR count). The van der Waals surface area contributed by atoms with Crippen LogP contribution in [-0.4, -0.2) is 5.91 Å². The van der Waals surface area contributed by atoms with Gasteiger partial charge in [-0.3, -0.25) is 15.6 Å². The number of nitrogens with one attached hydrogen (secondary N) is 2. The zero-order chi connectivity index (χ0) is 12.8. The van der Waals surface area contributed by atoms with Crippen molar-refractivity contribution in [3.8, 4) is 0 Å². The van der Waals surface area contributed by atoms with Crippen molar-refractivity contribution in [2.24, 2.45) is 0 Å². The number of rotatable bonds is 4. The molecule has 0 aromatic heterocycles. The smallest absolute Gasteiger partial charge is 0.242 e. The molecule has 2 aromatic rings. The van der Waals surface area contributed by atoms with Gasteiger partial charge in [0, 0.05) is 5.02 Å². The molecule has 0 heterocycles. The number of hydrogen-bond acceptors (Lipinski definition) is 2.